The molecule has 3 aromatic carbocycles. The van der Waals surface area contributed by atoms with Gasteiger partial charge in [-0.25, -0.2) is 13.2 Å². The Kier molecular flexibility index (Phi) is 7.32. The van der Waals surface area contributed by atoms with Crippen molar-refractivity contribution in [1.82, 2.24) is 0 Å². The molecular weight excluding hydrogens is 496 g/mol. The number of ether oxygens (including phenoxy) is 1. The second kappa shape index (κ2) is 9.97. The lowest BCUT2D eigenvalue weighted by atomic mass is 10.2. The number of nitrogens with one attached hydrogen (secondary N) is 1. The van der Waals surface area contributed by atoms with Crippen LogP contribution in [0.4, 0.5) is 11.4 Å². The van der Waals surface area contributed by atoms with Crippen molar-refractivity contribution in [3.8, 4) is 0 Å². The van der Waals surface area contributed by atoms with Gasteiger partial charge in [0.1, 0.15) is 6.54 Å². The number of amides is 1. The van der Waals surface area contributed by atoms with Crippen LogP contribution in [0.5, 0.6) is 0 Å². The van der Waals surface area contributed by atoms with Crippen molar-refractivity contribution in [2.75, 3.05) is 23.3 Å². The van der Waals surface area contributed by atoms with Crippen molar-refractivity contribution in [3.05, 3.63) is 88.4 Å². The highest BCUT2D eigenvalue weighted by Crippen LogP contribution is 2.25. The molecule has 1 amide bonds. The van der Waals surface area contributed by atoms with Crippen LogP contribution in [0.1, 0.15) is 15.9 Å². The lowest BCUT2D eigenvalue weighted by molar-refractivity contribution is -0.114. The number of anilines is 2. The highest BCUT2D eigenvalue weighted by Gasteiger charge is 2.27. The van der Waals surface area contributed by atoms with Gasteiger partial charge in [0.25, 0.3) is 10.0 Å². The van der Waals surface area contributed by atoms with Gasteiger partial charge in [-0.1, -0.05) is 33.6 Å². The summed E-state index contributed by atoms with van der Waals surface area (Å²) in [6.07, 6.45) is 0. The molecule has 0 unspecified atom stereocenters. The van der Waals surface area contributed by atoms with Crippen LogP contribution in [0.2, 0.25) is 0 Å². The van der Waals surface area contributed by atoms with Crippen LogP contribution in [0.3, 0.4) is 0 Å². The maximum absolute atomic E-state index is 13.4. The van der Waals surface area contributed by atoms with Crippen molar-refractivity contribution in [3.63, 3.8) is 0 Å². The number of carbonyl (C=O) groups excluding carboxylic acids is 2. The summed E-state index contributed by atoms with van der Waals surface area (Å²) in [6, 6.07) is 19.2. The zero-order chi connectivity index (χ0) is 23.3. The number of halogens is 1. The third kappa shape index (κ3) is 5.54. The Morgan fingerprint density at radius 1 is 0.938 bits per heavy atom. The lowest BCUT2D eigenvalue weighted by Gasteiger charge is -2.24. The van der Waals surface area contributed by atoms with Gasteiger partial charge in [-0.2, -0.15) is 0 Å². The largest absolute Gasteiger partial charge is 0.465 e. The Hall–Kier alpha value is -3.17. The molecule has 0 bridgehead atoms. The molecule has 32 heavy (non-hydrogen) atoms. The topological polar surface area (TPSA) is 92.8 Å². The van der Waals surface area contributed by atoms with Gasteiger partial charge in [0.05, 0.1) is 23.3 Å². The fraction of sp³-hybridized carbons (Fsp3) is 0.130. The number of esters is 1. The summed E-state index contributed by atoms with van der Waals surface area (Å²) in [5, 5.41) is 2.66. The molecule has 0 aromatic heterocycles. The monoisotopic (exact) mass is 516 g/mol. The molecule has 0 heterocycles. The molecule has 0 aliphatic carbocycles. The first-order chi connectivity index (χ1) is 15.2. The number of methoxy groups -OCH3 is 1. The van der Waals surface area contributed by atoms with Gasteiger partial charge in [-0.15, -0.1) is 0 Å². The summed E-state index contributed by atoms with van der Waals surface area (Å²) >= 11 is 3.33. The third-order valence-electron chi connectivity index (χ3n) is 4.60. The molecule has 0 saturated carbocycles. The van der Waals surface area contributed by atoms with Crippen LogP contribution in [0.15, 0.2) is 82.2 Å². The van der Waals surface area contributed by atoms with Crippen molar-refractivity contribution in [2.45, 2.75) is 11.8 Å². The molecule has 3 rings (SSSR count). The fourth-order valence-electron chi connectivity index (χ4n) is 2.90. The van der Waals surface area contributed by atoms with Crippen LogP contribution >= 0.6 is 15.9 Å². The molecule has 0 aliphatic rings. The first kappa shape index (κ1) is 23.5. The second-order valence-electron chi connectivity index (χ2n) is 6.92. The molecule has 3 aromatic rings. The van der Waals surface area contributed by atoms with Crippen molar-refractivity contribution >= 4 is 49.2 Å². The SMILES string of the molecule is COC(=O)c1ccc(NC(=O)CN(c2ccc(Br)cc2)S(=O)(=O)c2ccc(C)cc2)cc1. The van der Waals surface area contributed by atoms with Crippen LogP contribution in [-0.4, -0.2) is 33.9 Å². The third-order valence-corrected chi connectivity index (χ3v) is 6.92. The predicted octanol–water partition coefficient (Wildman–Crippen LogP) is 4.38. The van der Waals surface area contributed by atoms with Crippen molar-refractivity contribution in [2.24, 2.45) is 0 Å². The van der Waals surface area contributed by atoms with E-state index in [4.69, 9.17) is 0 Å². The Balaban J connectivity index is 1.87. The Bertz CT molecular complexity index is 1210. The molecule has 0 aliphatic heterocycles. The minimum atomic E-state index is -4.00. The minimum absolute atomic E-state index is 0.0845. The summed E-state index contributed by atoms with van der Waals surface area (Å²) < 4.78 is 33.2. The summed E-state index contributed by atoms with van der Waals surface area (Å²) in [7, 11) is -2.72. The fourth-order valence-corrected chi connectivity index (χ4v) is 4.58. The van der Waals surface area contributed by atoms with Gasteiger partial charge >= 0.3 is 5.97 Å². The molecule has 7 nitrogen and oxygen atoms in total. The number of hydrogen-bond donors (Lipinski definition) is 1. The number of nitrogens with zero attached hydrogens (tertiary/aromatic N) is 1. The predicted molar refractivity (Wildman–Crippen MR) is 126 cm³/mol. The zero-order valence-electron chi connectivity index (χ0n) is 17.4. The number of benzene rings is 3. The van der Waals surface area contributed by atoms with E-state index in [1.807, 2.05) is 6.92 Å². The Morgan fingerprint density at radius 3 is 2.09 bits per heavy atom. The second-order valence-corrected chi connectivity index (χ2v) is 9.70. The Morgan fingerprint density at radius 2 is 1.53 bits per heavy atom. The van der Waals surface area contributed by atoms with E-state index in [1.165, 1.54) is 31.4 Å². The average Bonchev–Trinajstić information content (AvgIpc) is 2.78. The summed E-state index contributed by atoms with van der Waals surface area (Å²) in [6.45, 7) is 1.43. The maximum Gasteiger partial charge on any atom is 0.337 e. The van der Waals surface area contributed by atoms with E-state index in [0.717, 1.165) is 14.3 Å². The standard InChI is InChI=1S/C23H21BrN2O5S/c1-16-3-13-21(14-4-16)32(29,30)26(20-11-7-18(24)8-12-20)15-22(27)25-19-9-5-17(6-10-19)23(28)31-2/h3-14H,15H2,1-2H3,(H,25,27). The first-order valence-electron chi connectivity index (χ1n) is 9.54. The number of sulfonamides is 1. The molecule has 0 saturated heterocycles. The highest BCUT2D eigenvalue weighted by atomic mass is 79.9. The smallest absolute Gasteiger partial charge is 0.337 e. The van der Waals surface area contributed by atoms with Gasteiger partial charge in [0, 0.05) is 10.2 Å². The van der Waals surface area contributed by atoms with E-state index < -0.39 is 28.4 Å². The van der Waals surface area contributed by atoms with E-state index in [-0.39, 0.29) is 4.90 Å². The van der Waals surface area contributed by atoms with Crippen LogP contribution < -0.4 is 9.62 Å². The van der Waals surface area contributed by atoms with Crippen molar-refractivity contribution in [1.29, 1.82) is 0 Å². The normalized spacial score (nSPS) is 11.0. The molecule has 0 fully saturated rings. The quantitative estimate of drug-likeness (QED) is 0.470. The van der Waals surface area contributed by atoms with Crippen LogP contribution in [-0.2, 0) is 19.6 Å². The molecule has 9 heteroatoms. The average molecular weight is 517 g/mol. The summed E-state index contributed by atoms with van der Waals surface area (Å²) in [5.74, 6) is -1.03. The lowest BCUT2D eigenvalue weighted by Crippen LogP contribution is -2.38. The van der Waals surface area contributed by atoms with E-state index in [2.05, 4.69) is 26.0 Å². The Labute approximate surface area is 195 Å². The molecule has 1 N–H and O–H groups in total. The number of carbonyl (C=O) groups is 2. The molecule has 0 radical (unpaired) electrons. The molecule has 166 valence electrons. The molecule has 0 atom stereocenters. The van der Waals surface area contributed by atoms with E-state index in [1.54, 1.807) is 48.5 Å². The van der Waals surface area contributed by atoms with E-state index in [9.17, 15) is 18.0 Å². The van der Waals surface area contributed by atoms with Gasteiger partial charge in [0.2, 0.25) is 5.91 Å². The molecular formula is C23H21BrN2O5S. The van der Waals surface area contributed by atoms with Crippen LogP contribution in [0.25, 0.3) is 0 Å². The molecule has 0 spiro atoms. The van der Waals surface area contributed by atoms with Gasteiger partial charge in [0.15, 0.2) is 0 Å². The number of hydrogen-bond acceptors (Lipinski definition) is 5. The zero-order valence-corrected chi connectivity index (χ0v) is 19.8. The van der Waals surface area contributed by atoms with E-state index in [0.29, 0.717) is 16.9 Å². The van der Waals surface area contributed by atoms with Gasteiger partial charge in [-0.3, -0.25) is 9.10 Å². The summed E-state index contributed by atoms with van der Waals surface area (Å²) in [4.78, 5) is 24.4. The van der Waals surface area contributed by atoms with Gasteiger partial charge < -0.3 is 10.1 Å². The highest BCUT2D eigenvalue weighted by molar-refractivity contribution is 9.10. The van der Waals surface area contributed by atoms with Crippen LogP contribution in [0, 0.1) is 6.92 Å². The summed E-state index contributed by atoms with van der Waals surface area (Å²) in [5.41, 5.74) is 2.03. The first-order valence-corrected chi connectivity index (χ1v) is 11.8. The number of rotatable bonds is 7. The maximum atomic E-state index is 13.4. The minimum Gasteiger partial charge on any atom is -0.465 e. The van der Waals surface area contributed by atoms with E-state index >= 15 is 0 Å². The number of aryl methyl sites for hydroxylation is 1. The van der Waals surface area contributed by atoms with Gasteiger partial charge in [-0.05, 0) is 67.6 Å². The van der Waals surface area contributed by atoms with Crippen molar-refractivity contribution < 1.29 is 22.7 Å².